The molecule has 0 unspecified atom stereocenters. The zero-order chi connectivity index (χ0) is 13.3. The van der Waals surface area contributed by atoms with Crippen LogP contribution in [0.3, 0.4) is 0 Å². The summed E-state index contributed by atoms with van der Waals surface area (Å²) < 4.78 is 5.10. The van der Waals surface area contributed by atoms with Crippen LogP contribution in [0.1, 0.15) is 25.8 Å². The predicted molar refractivity (Wildman–Crippen MR) is 67.3 cm³/mol. The Morgan fingerprint density at radius 2 is 1.89 bits per heavy atom. The second kappa shape index (κ2) is 4.44. The van der Waals surface area contributed by atoms with Crippen molar-refractivity contribution in [2.75, 3.05) is 7.11 Å². The van der Waals surface area contributed by atoms with Gasteiger partial charge < -0.3 is 4.74 Å². The van der Waals surface area contributed by atoms with Crippen molar-refractivity contribution in [1.82, 2.24) is 5.32 Å². The predicted octanol–water partition coefficient (Wildman–Crippen LogP) is 1.64. The van der Waals surface area contributed by atoms with Gasteiger partial charge in [0.15, 0.2) is 0 Å². The van der Waals surface area contributed by atoms with Crippen molar-refractivity contribution in [3.05, 3.63) is 29.8 Å². The molecule has 0 aromatic heterocycles. The summed E-state index contributed by atoms with van der Waals surface area (Å²) in [5.41, 5.74) is 0.250. The number of nitrogens with one attached hydrogen (secondary N) is 1. The van der Waals surface area contributed by atoms with E-state index in [0.717, 1.165) is 11.3 Å². The summed E-state index contributed by atoms with van der Waals surface area (Å²) in [5.74, 6) is 0.180. The minimum Gasteiger partial charge on any atom is -0.497 e. The number of piperidine rings is 1. The van der Waals surface area contributed by atoms with Crippen molar-refractivity contribution in [2.24, 2.45) is 5.92 Å². The molecule has 2 amide bonds. The third-order valence-corrected chi connectivity index (χ3v) is 3.63. The van der Waals surface area contributed by atoms with E-state index in [4.69, 9.17) is 4.74 Å². The molecular weight excluding hydrogens is 230 g/mol. The molecule has 1 aromatic carbocycles. The lowest BCUT2D eigenvalue weighted by atomic mass is 9.72. The fourth-order valence-electron chi connectivity index (χ4n) is 2.38. The van der Waals surface area contributed by atoms with Crippen molar-refractivity contribution in [2.45, 2.75) is 25.7 Å². The van der Waals surface area contributed by atoms with Crippen LogP contribution in [0.5, 0.6) is 5.75 Å². The van der Waals surface area contributed by atoms with E-state index in [1.807, 2.05) is 38.1 Å². The number of amides is 2. The van der Waals surface area contributed by atoms with Crippen LogP contribution in [0, 0.1) is 5.92 Å². The van der Waals surface area contributed by atoms with Crippen LogP contribution in [-0.4, -0.2) is 18.9 Å². The number of carbonyl (C=O) groups excluding carboxylic acids is 2. The number of ether oxygens (including phenoxy) is 1. The molecule has 2 atom stereocenters. The zero-order valence-corrected chi connectivity index (χ0v) is 10.8. The molecule has 1 aliphatic heterocycles. The van der Waals surface area contributed by atoms with Crippen LogP contribution >= 0.6 is 0 Å². The second-order valence-electron chi connectivity index (χ2n) is 4.98. The number of benzene rings is 1. The Morgan fingerprint density at radius 3 is 2.44 bits per heavy atom. The summed E-state index contributed by atoms with van der Waals surface area (Å²) in [5, 5.41) is 2.44. The van der Waals surface area contributed by atoms with Gasteiger partial charge >= 0.3 is 0 Å². The van der Waals surface area contributed by atoms with E-state index >= 15 is 0 Å². The molecule has 4 heteroatoms. The van der Waals surface area contributed by atoms with Gasteiger partial charge in [0, 0.05) is 5.92 Å². The lowest BCUT2D eigenvalue weighted by molar-refractivity contribution is -0.140. The van der Waals surface area contributed by atoms with Crippen molar-refractivity contribution in [1.29, 1.82) is 0 Å². The van der Waals surface area contributed by atoms with Gasteiger partial charge in [0.2, 0.25) is 11.8 Å². The maximum absolute atomic E-state index is 12.1. The molecule has 0 radical (unpaired) electrons. The Hall–Kier alpha value is -1.84. The maximum atomic E-state index is 12.1. The van der Waals surface area contributed by atoms with Crippen LogP contribution in [-0.2, 0) is 15.0 Å². The summed E-state index contributed by atoms with van der Waals surface area (Å²) in [6.07, 6.45) is 0.532. The van der Waals surface area contributed by atoms with Gasteiger partial charge in [-0.2, -0.15) is 0 Å². The Labute approximate surface area is 106 Å². The number of methoxy groups -OCH3 is 1. The molecule has 18 heavy (non-hydrogen) atoms. The van der Waals surface area contributed by atoms with Gasteiger partial charge in [0.25, 0.3) is 0 Å². The summed E-state index contributed by atoms with van der Waals surface area (Å²) in [6.45, 7) is 3.70. The minimum absolute atomic E-state index is 0.158. The summed E-state index contributed by atoms with van der Waals surface area (Å²) in [6, 6.07) is 7.41. The molecule has 0 aliphatic carbocycles. The van der Waals surface area contributed by atoms with Gasteiger partial charge in [-0.15, -0.1) is 0 Å². The SMILES string of the molecule is COc1ccc([C@]2(C)C[C@@H](C)C(=O)NC2=O)cc1. The minimum atomic E-state index is -0.653. The Bertz CT molecular complexity index is 480. The van der Waals surface area contributed by atoms with E-state index in [-0.39, 0.29) is 17.7 Å². The lowest BCUT2D eigenvalue weighted by Gasteiger charge is -2.35. The number of hydrogen-bond donors (Lipinski definition) is 1. The molecule has 1 heterocycles. The molecule has 1 N–H and O–H groups in total. The van der Waals surface area contributed by atoms with Crippen molar-refractivity contribution in [3.8, 4) is 5.75 Å². The fourth-order valence-corrected chi connectivity index (χ4v) is 2.38. The molecule has 0 bridgehead atoms. The van der Waals surface area contributed by atoms with E-state index in [1.165, 1.54) is 0 Å². The van der Waals surface area contributed by atoms with Crippen LogP contribution in [0.4, 0.5) is 0 Å². The van der Waals surface area contributed by atoms with Gasteiger partial charge in [0.1, 0.15) is 5.75 Å². The molecule has 1 saturated heterocycles. The number of imide groups is 1. The average molecular weight is 247 g/mol. The van der Waals surface area contributed by atoms with Crippen LogP contribution in [0.2, 0.25) is 0 Å². The molecule has 2 rings (SSSR count). The van der Waals surface area contributed by atoms with Crippen molar-refractivity contribution in [3.63, 3.8) is 0 Å². The van der Waals surface area contributed by atoms with E-state index in [0.29, 0.717) is 6.42 Å². The molecule has 0 spiro atoms. The molecule has 4 nitrogen and oxygen atoms in total. The Balaban J connectivity index is 2.34. The van der Waals surface area contributed by atoms with Gasteiger partial charge in [-0.1, -0.05) is 19.1 Å². The molecule has 1 aromatic rings. The lowest BCUT2D eigenvalue weighted by Crippen LogP contribution is -2.53. The number of hydrogen-bond acceptors (Lipinski definition) is 3. The molecule has 1 aliphatic rings. The van der Waals surface area contributed by atoms with Gasteiger partial charge in [0.05, 0.1) is 12.5 Å². The summed E-state index contributed by atoms with van der Waals surface area (Å²) in [7, 11) is 1.60. The third-order valence-electron chi connectivity index (χ3n) is 3.63. The van der Waals surface area contributed by atoms with Gasteiger partial charge in [-0.3, -0.25) is 14.9 Å². The molecule has 0 saturated carbocycles. The highest BCUT2D eigenvalue weighted by Crippen LogP contribution is 2.35. The first-order valence-corrected chi connectivity index (χ1v) is 5.97. The topological polar surface area (TPSA) is 55.4 Å². The fraction of sp³-hybridized carbons (Fsp3) is 0.429. The van der Waals surface area contributed by atoms with Crippen LogP contribution in [0.15, 0.2) is 24.3 Å². The molecular formula is C14H17NO3. The van der Waals surface area contributed by atoms with Crippen molar-refractivity contribution < 1.29 is 14.3 Å². The largest absolute Gasteiger partial charge is 0.497 e. The zero-order valence-electron chi connectivity index (χ0n) is 10.8. The first-order chi connectivity index (χ1) is 8.47. The summed E-state index contributed by atoms with van der Waals surface area (Å²) >= 11 is 0. The number of carbonyl (C=O) groups is 2. The van der Waals surface area contributed by atoms with E-state index in [1.54, 1.807) is 7.11 Å². The van der Waals surface area contributed by atoms with E-state index in [9.17, 15) is 9.59 Å². The standard InChI is InChI=1S/C14H17NO3/c1-9-8-14(2,13(17)15-12(9)16)10-4-6-11(18-3)7-5-10/h4-7,9H,8H2,1-3H3,(H,15,16,17)/t9-,14+/m1/s1. The third kappa shape index (κ3) is 1.98. The van der Waals surface area contributed by atoms with E-state index < -0.39 is 5.41 Å². The second-order valence-corrected chi connectivity index (χ2v) is 4.98. The monoisotopic (exact) mass is 247 g/mol. The van der Waals surface area contributed by atoms with E-state index in [2.05, 4.69) is 5.32 Å². The first-order valence-electron chi connectivity index (χ1n) is 5.97. The average Bonchev–Trinajstić information content (AvgIpc) is 2.37. The Morgan fingerprint density at radius 1 is 1.28 bits per heavy atom. The van der Waals surface area contributed by atoms with Crippen molar-refractivity contribution >= 4 is 11.8 Å². The highest BCUT2D eigenvalue weighted by Gasteiger charge is 2.43. The van der Waals surface area contributed by atoms with Crippen LogP contribution in [0.25, 0.3) is 0 Å². The first kappa shape index (κ1) is 12.6. The highest BCUT2D eigenvalue weighted by molar-refractivity contribution is 6.04. The smallest absolute Gasteiger partial charge is 0.236 e. The number of rotatable bonds is 2. The molecule has 96 valence electrons. The van der Waals surface area contributed by atoms with Gasteiger partial charge in [-0.05, 0) is 31.0 Å². The normalized spacial score (nSPS) is 27.8. The van der Waals surface area contributed by atoms with Gasteiger partial charge in [-0.25, -0.2) is 0 Å². The Kier molecular flexibility index (Phi) is 3.11. The summed E-state index contributed by atoms with van der Waals surface area (Å²) in [4.78, 5) is 23.5. The van der Waals surface area contributed by atoms with Crippen LogP contribution < -0.4 is 10.1 Å². The quantitative estimate of drug-likeness (QED) is 0.808. The maximum Gasteiger partial charge on any atom is 0.236 e. The highest BCUT2D eigenvalue weighted by atomic mass is 16.5. The molecule has 1 fully saturated rings.